The van der Waals surface area contributed by atoms with Crippen LogP contribution in [0.5, 0.6) is 0 Å². The van der Waals surface area contributed by atoms with E-state index in [9.17, 15) is 22.8 Å². The molecule has 1 aromatic heterocycles. The number of carbonyl (C=O) groups is 2. The van der Waals surface area contributed by atoms with E-state index in [1.54, 1.807) is 5.32 Å². The van der Waals surface area contributed by atoms with Crippen LogP contribution in [-0.4, -0.2) is 28.1 Å². The van der Waals surface area contributed by atoms with Crippen molar-refractivity contribution in [2.24, 2.45) is 0 Å². The molecule has 1 heterocycles. The van der Waals surface area contributed by atoms with Gasteiger partial charge in [-0.2, -0.15) is 13.2 Å². The molecule has 1 rings (SSSR count). The van der Waals surface area contributed by atoms with Gasteiger partial charge in [-0.05, 0) is 0 Å². The lowest BCUT2D eigenvalue weighted by Crippen LogP contribution is -2.36. The summed E-state index contributed by atoms with van der Waals surface area (Å²) in [7, 11) is 0. The summed E-state index contributed by atoms with van der Waals surface area (Å²) in [5.74, 6) is -3.36. The first-order valence-electron chi connectivity index (χ1n) is 3.83. The molecule has 0 unspecified atom stereocenters. The number of carboxylic acid groups (broad SMARTS) is 1. The molecule has 0 spiro atoms. The maximum Gasteiger partial charge on any atom is 0.471 e. The van der Waals surface area contributed by atoms with E-state index in [0.29, 0.717) is 0 Å². The van der Waals surface area contributed by atoms with Crippen LogP contribution in [0.1, 0.15) is 15.5 Å². The summed E-state index contributed by atoms with van der Waals surface area (Å²) in [6.07, 6.45) is -4.95. The Bertz CT molecular complexity index is 415. The predicted molar refractivity (Wildman–Crippen MR) is 47.0 cm³/mol. The van der Waals surface area contributed by atoms with Gasteiger partial charge in [0.05, 0.1) is 6.54 Å². The highest BCUT2D eigenvalue weighted by atomic mass is 32.1. The summed E-state index contributed by atoms with van der Waals surface area (Å²) in [6.45, 7) is -0.448. The molecule has 1 aromatic rings. The molecule has 0 aliphatic rings. The molecule has 2 N–H and O–H groups in total. The Morgan fingerprint density at radius 2 is 2.12 bits per heavy atom. The lowest BCUT2D eigenvalue weighted by atomic mass is 10.5. The van der Waals surface area contributed by atoms with Gasteiger partial charge in [-0.25, -0.2) is 9.78 Å². The van der Waals surface area contributed by atoms with Crippen molar-refractivity contribution >= 4 is 23.2 Å². The van der Waals surface area contributed by atoms with Crippen LogP contribution >= 0.6 is 11.3 Å². The molecule has 0 saturated carbocycles. The molecule has 5 nitrogen and oxygen atoms in total. The first kappa shape index (κ1) is 12.4. The predicted octanol–water partition coefficient (Wildman–Crippen LogP) is 1.02. The molecule has 0 bridgehead atoms. The monoisotopic (exact) mass is 254 g/mol. The summed E-state index contributed by atoms with van der Waals surface area (Å²) in [5.41, 5.74) is -0.263. The Labute approximate surface area is 90.9 Å². The van der Waals surface area contributed by atoms with Gasteiger partial charge in [-0.15, -0.1) is 11.3 Å². The molecule has 0 aliphatic heterocycles. The van der Waals surface area contributed by atoms with Crippen LogP contribution in [0.25, 0.3) is 0 Å². The summed E-state index contributed by atoms with van der Waals surface area (Å²) in [5, 5.41) is 11.3. The van der Waals surface area contributed by atoms with E-state index in [0.717, 1.165) is 11.3 Å². The Balaban J connectivity index is 2.55. The van der Waals surface area contributed by atoms with Gasteiger partial charge in [0.2, 0.25) is 0 Å². The highest BCUT2D eigenvalue weighted by Crippen LogP contribution is 2.15. The normalized spacial score (nSPS) is 11.2. The molecule has 16 heavy (non-hydrogen) atoms. The molecule has 1 amide bonds. The maximum atomic E-state index is 11.8. The lowest BCUT2D eigenvalue weighted by molar-refractivity contribution is -0.173. The van der Waals surface area contributed by atoms with Gasteiger partial charge in [-0.3, -0.25) is 4.79 Å². The van der Waals surface area contributed by atoms with Crippen LogP contribution < -0.4 is 5.32 Å². The fraction of sp³-hybridized carbons (Fsp3) is 0.286. The zero-order chi connectivity index (χ0) is 12.3. The zero-order valence-electron chi connectivity index (χ0n) is 7.54. The largest absolute Gasteiger partial charge is 0.476 e. The Morgan fingerprint density at radius 3 is 2.56 bits per heavy atom. The first-order chi connectivity index (χ1) is 7.30. The second-order valence-corrected chi connectivity index (χ2v) is 3.55. The van der Waals surface area contributed by atoms with Crippen molar-refractivity contribution in [1.29, 1.82) is 0 Å². The first-order valence-corrected chi connectivity index (χ1v) is 4.71. The number of hydrogen-bond acceptors (Lipinski definition) is 4. The summed E-state index contributed by atoms with van der Waals surface area (Å²) < 4.78 is 35.3. The topological polar surface area (TPSA) is 79.3 Å². The molecular formula is C7H5F3N2O3S. The van der Waals surface area contributed by atoms with E-state index in [4.69, 9.17) is 5.11 Å². The number of aromatic carboxylic acids is 1. The standard InChI is InChI=1S/C7H5F3N2O3S/c8-7(9,10)6(15)11-1-4-12-3(2-16-4)5(13)14/h2H,1H2,(H,11,15)(H,13,14). The van der Waals surface area contributed by atoms with Gasteiger partial charge in [0.1, 0.15) is 5.01 Å². The fourth-order valence-electron chi connectivity index (χ4n) is 0.746. The second kappa shape index (κ2) is 4.47. The molecular weight excluding hydrogens is 249 g/mol. The van der Waals surface area contributed by atoms with Crippen LogP contribution in [0.2, 0.25) is 0 Å². The maximum absolute atomic E-state index is 11.8. The second-order valence-electron chi connectivity index (χ2n) is 2.61. The van der Waals surface area contributed by atoms with Crippen molar-refractivity contribution in [2.45, 2.75) is 12.7 Å². The van der Waals surface area contributed by atoms with E-state index < -0.39 is 24.6 Å². The van der Waals surface area contributed by atoms with Gasteiger partial charge >= 0.3 is 18.1 Å². The molecule has 0 fully saturated rings. The van der Waals surface area contributed by atoms with Gasteiger partial charge in [0.15, 0.2) is 5.69 Å². The average molecular weight is 254 g/mol. The number of carbonyl (C=O) groups excluding carboxylic acids is 1. The van der Waals surface area contributed by atoms with Crippen molar-refractivity contribution in [3.63, 3.8) is 0 Å². The van der Waals surface area contributed by atoms with Crippen molar-refractivity contribution in [2.75, 3.05) is 0 Å². The van der Waals surface area contributed by atoms with Crippen molar-refractivity contribution < 1.29 is 27.9 Å². The number of hydrogen-bond donors (Lipinski definition) is 2. The van der Waals surface area contributed by atoms with E-state index in [-0.39, 0.29) is 10.7 Å². The highest BCUT2D eigenvalue weighted by Gasteiger charge is 2.38. The van der Waals surface area contributed by atoms with Crippen LogP contribution in [-0.2, 0) is 11.3 Å². The Hall–Kier alpha value is -1.64. The third kappa shape index (κ3) is 3.19. The van der Waals surface area contributed by atoms with Crippen molar-refractivity contribution in [3.05, 3.63) is 16.1 Å². The zero-order valence-corrected chi connectivity index (χ0v) is 8.35. The summed E-state index contributed by atoms with van der Waals surface area (Å²) in [6, 6.07) is 0. The molecule has 88 valence electrons. The minimum absolute atomic E-state index is 0.0926. The number of nitrogens with one attached hydrogen (secondary N) is 1. The average Bonchev–Trinajstić information content (AvgIpc) is 2.60. The van der Waals surface area contributed by atoms with Crippen LogP contribution in [0.4, 0.5) is 13.2 Å². The molecule has 0 saturated heterocycles. The number of thiazole rings is 1. The molecule has 0 aromatic carbocycles. The molecule has 0 radical (unpaired) electrons. The molecule has 9 heteroatoms. The Kier molecular flexibility index (Phi) is 3.48. The SMILES string of the molecule is O=C(O)c1csc(CNC(=O)C(F)(F)F)n1. The van der Waals surface area contributed by atoms with E-state index >= 15 is 0 Å². The number of carboxylic acids is 1. The van der Waals surface area contributed by atoms with Crippen LogP contribution in [0, 0.1) is 0 Å². The van der Waals surface area contributed by atoms with Crippen molar-refractivity contribution in [1.82, 2.24) is 10.3 Å². The number of alkyl halides is 3. The van der Waals surface area contributed by atoms with Crippen LogP contribution in [0.15, 0.2) is 5.38 Å². The van der Waals surface area contributed by atoms with Crippen LogP contribution in [0.3, 0.4) is 0 Å². The minimum atomic E-state index is -4.95. The third-order valence-electron chi connectivity index (χ3n) is 1.43. The number of halogens is 3. The van der Waals surface area contributed by atoms with Gasteiger partial charge in [-0.1, -0.05) is 0 Å². The van der Waals surface area contributed by atoms with E-state index in [1.807, 2.05) is 0 Å². The molecule has 0 aliphatic carbocycles. The number of amides is 1. The minimum Gasteiger partial charge on any atom is -0.476 e. The number of nitrogens with zero attached hydrogens (tertiary/aromatic N) is 1. The smallest absolute Gasteiger partial charge is 0.471 e. The Morgan fingerprint density at radius 1 is 1.50 bits per heavy atom. The van der Waals surface area contributed by atoms with Gasteiger partial charge in [0.25, 0.3) is 0 Å². The lowest BCUT2D eigenvalue weighted by Gasteiger charge is -2.05. The third-order valence-corrected chi connectivity index (χ3v) is 2.28. The quantitative estimate of drug-likeness (QED) is 0.844. The van der Waals surface area contributed by atoms with E-state index in [2.05, 4.69) is 4.98 Å². The number of aromatic nitrogens is 1. The van der Waals surface area contributed by atoms with Crippen molar-refractivity contribution in [3.8, 4) is 0 Å². The highest BCUT2D eigenvalue weighted by molar-refractivity contribution is 7.09. The number of rotatable bonds is 3. The fourth-order valence-corrected chi connectivity index (χ4v) is 1.45. The van der Waals surface area contributed by atoms with Gasteiger partial charge < -0.3 is 10.4 Å². The van der Waals surface area contributed by atoms with E-state index in [1.165, 1.54) is 5.38 Å². The summed E-state index contributed by atoms with van der Waals surface area (Å²) >= 11 is 0.856. The van der Waals surface area contributed by atoms with Gasteiger partial charge in [0, 0.05) is 5.38 Å². The molecule has 0 atom stereocenters. The summed E-state index contributed by atoms with van der Waals surface area (Å²) in [4.78, 5) is 24.3.